The minimum Gasteiger partial charge on any atom is -0.512 e. The molecule has 1 N–H and O–H groups in total. The van der Waals surface area contributed by atoms with Crippen molar-refractivity contribution < 1.29 is 5.11 Å². The van der Waals surface area contributed by atoms with Crippen LogP contribution in [-0.2, 0) is 0 Å². The Hall–Kier alpha value is -1.24. The summed E-state index contributed by atoms with van der Waals surface area (Å²) in [5, 5.41) is 9.24. The number of aryl methyl sites for hydroxylation is 1. The molecule has 1 aromatic rings. The molecule has 1 rings (SSSR count). The van der Waals surface area contributed by atoms with Gasteiger partial charge in [-0.15, -0.1) is 0 Å². The second-order valence-corrected chi connectivity index (χ2v) is 2.90. The largest absolute Gasteiger partial charge is 0.512 e. The van der Waals surface area contributed by atoms with E-state index >= 15 is 0 Å². The van der Waals surface area contributed by atoms with Crippen molar-refractivity contribution in [2.45, 2.75) is 20.3 Å². The summed E-state index contributed by atoms with van der Waals surface area (Å²) in [5.41, 5.74) is 2.29. The fourth-order valence-corrected chi connectivity index (χ4v) is 0.957. The molecule has 0 heterocycles. The van der Waals surface area contributed by atoms with E-state index in [-0.39, 0.29) is 0 Å². The van der Waals surface area contributed by atoms with Gasteiger partial charge < -0.3 is 5.11 Å². The van der Waals surface area contributed by atoms with Crippen LogP contribution in [0.1, 0.15) is 24.5 Å². The Morgan fingerprint density at radius 1 is 1.33 bits per heavy atom. The number of hydrogen-bond donors (Lipinski definition) is 1. The molecule has 0 saturated heterocycles. The summed E-state index contributed by atoms with van der Waals surface area (Å²) in [6.07, 6.45) is 2.48. The first-order valence-corrected chi connectivity index (χ1v) is 4.18. The Labute approximate surface area is 73.4 Å². The van der Waals surface area contributed by atoms with Crippen LogP contribution in [0.25, 0.3) is 6.08 Å². The van der Waals surface area contributed by atoms with Gasteiger partial charge in [0, 0.05) is 6.42 Å². The average Bonchev–Trinajstić information content (AvgIpc) is 2.09. The molecule has 0 aliphatic rings. The van der Waals surface area contributed by atoms with E-state index in [2.05, 4.69) is 0 Å². The maximum absolute atomic E-state index is 9.24. The number of hydrogen-bond acceptors (Lipinski definition) is 1. The Morgan fingerprint density at radius 2 is 1.92 bits per heavy atom. The molecule has 0 aromatic heterocycles. The van der Waals surface area contributed by atoms with Gasteiger partial charge in [-0.25, -0.2) is 0 Å². The molecule has 0 bridgehead atoms. The molecular formula is C11H14O. The molecule has 0 spiro atoms. The Bertz CT molecular complexity index is 270. The van der Waals surface area contributed by atoms with Gasteiger partial charge in [0.1, 0.15) is 0 Å². The summed E-state index contributed by atoms with van der Waals surface area (Å²) in [7, 11) is 0. The number of aliphatic hydroxyl groups excluding tert-OH is 1. The quantitative estimate of drug-likeness (QED) is 0.661. The van der Waals surface area contributed by atoms with Gasteiger partial charge in [-0.05, 0) is 18.6 Å². The third kappa shape index (κ3) is 2.42. The summed E-state index contributed by atoms with van der Waals surface area (Å²) in [6, 6.07) is 8.08. The first-order chi connectivity index (χ1) is 5.72. The van der Waals surface area contributed by atoms with Gasteiger partial charge in [-0.2, -0.15) is 0 Å². The zero-order chi connectivity index (χ0) is 8.97. The van der Waals surface area contributed by atoms with E-state index in [1.165, 1.54) is 5.56 Å². The lowest BCUT2D eigenvalue weighted by Crippen LogP contribution is -1.78. The van der Waals surface area contributed by atoms with Crippen molar-refractivity contribution in [3.63, 3.8) is 0 Å². The van der Waals surface area contributed by atoms with Crippen LogP contribution >= 0.6 is 0 Å². The molecule has 0 radical (unpaired) electrons. The van der Waals surface area contributed by atoms with E-state index < -0.39 is 0 Å². The predicted molar refractivity (Wildman–Crippen MR) is 52.1 cm³/mol. The molecule has 0 aliphatic carbocycles. The normalized spacial score (nSPS) is 11.7. The highest BCUT2D eigenvalue weighted by molar-refractivity contribution is 5.51. The van der Waals surface area contributed by atoms with Gasteiger partial charge in [0.2, 0.25) is 0 Å². The minimum absolute atomic E-state index is 0.429. The van der Waals surface area contributed by atoms with Gasteiger partial charge in [0.15, 0.2) is 0 Å². The van der Waals surface area contributed by atoms with Crippen molar-refractivity contribution in [2.75, 3.05) is 0 Å². The Balaban J connectivity index is 2.84. The van der Waals surface area contributed by atoms with Crippen LogP contribution in [-0.4, -0.2) is 5.11 Å². The van der Waals surface area contributed by atoms with Crippen LogP contribution < -0.4 is 0 Å². The number of benzene rings is 1. The molecule has 0 amide bonds. The molecule has 12 heavy (non-hydrogen) atoms. The second kappa shape index (κ2) is 3.96. The van der Waals surface area contributed by atoms with E-state index in [0.29, 0.717) is 12.2 Å². The molecule has 0 fully saturated rings. The highest BCUT2D eigenvalue weighted by atomic mass is 16.3. The molecule has 0 aliphatic heterocycles. The van der Waals surface area contributed by atoms with Gasteiger partial charge >= 0.3 is 0 Å². The lowest BCUT2D eigenvalue weighted by molar-refractivity contribution is 0.400. The fourth-order valence-electron chi connectivity index (χ4n) is 0.957. The average molecular weight is 162 g/mol. The smallest absolute Gasteiger partial charge is 0.0925 e. The van der Waals surface area contributed by atoms with Gasteiger partial charge in [0.25, 0.3) is 0 Å². The van der Waals surface area contributed by atoms with Crippen molar-refractivity contribution in [2.24, 2.45) is 0 Å². The van der Waals surface area contributed by atoms with Gasteiger partial charge in [-0.1, -0.05) is 36.8 Å². The molecular weight excluding hydrogens is 148 g/mol. The molecule has 1 nitrogen and oxygen atoms in total. The monoisotopic (exact) mass is 162 g/mol. The highest BCUT2D eigenvalue weighted by Crippen LogP contribution is 2.08. The van der Waals surface area contributed by atoms with Gasteiger partial charge in [-0.3, -0.25) is 0 Å². The molecule has 0 saturated carbocycles. The zero-order valence-corrected chi connectivity index (χ0v) is 7.54. The number of rotatable bonds is 2. The minimum atomic E-state index is 0.429. The lowest BCUT2D eigenvalue weighted by Gasteiger charge is -1.96. The standard InChI is InChI=1S/C11H14O/c1-3-11(12)8-10-6-4-9(2)5-7-10/h4-8,12H,3H2,1-2H3. The summed E-state index contributed by atoms with van der Waals surface area (Å²) in [6.45, 7) is 3.98. The van der Waals surface area contributed by atoms with Crippen LogP contribution in [0.4, 0.5) is 0 Å². The van der Waals surface area contributed by atoms with Crippen molar-refractivity contribution in [1.29, 1.82) is 0 Å². The van der Waals surface area contributed by atoms with Crippen LogP contribution in [0.5, 0.6) is 0 Å². The van der Waals surface area contributed by atoms with Crippen LogP contribution in [0, 0.1) is 6.92 Å². The van der Waals surface area contributed by atoms with Crippen LogP contribution in [0.3, 0.4) is 0 Å². The van der Waals surface area contributed by atoms with Crippen LogP contribution in [0.15, 0.2) is 30.0 Å². The highest BCUT2D eigenvalue weighted by Gasteiger charge is 1.90. The number of allylic oxidation sites excluding steroid dienone is 1. The predicted octanol–water partition coefficient (Wildman–Crippen LogP) is 3.30. The topological polar surface area (TPSA) is 20.2 Å². The van der Waals surface area contributed by atoms with Crippen LogP contribution in [0.2, 0.25) is 0 Å². The summed E-state index contributed by atoms with van der Waals surface area (Å²) in [5.74, 6) is 0.429. The van der Waals surface area contributed by atoms with E-state index in [0.717, 1.165) is 5.56 Å². The third-order valence-electron chi connectivity index (χ3n) is 1.77. The lowest BCUT2D eigenvalue weighted by atomic mass is 10.1. The Morgan fingerprint density at radius 3 is 2.42 bits per heavy atom. The first kappa shape index (κ1) is 8.85. The summed E-state index contributed by atoms with van der Waals surface area (Å²) < 4.78 is 0. The third-order valence-corrected chi connectivity index (χ3v) is 1.77. The van der Waals surface area contributed by atoms with Crippen molar-refractivity contribution in [3.05, 3.63) is 41.2 Å². The molecule has 1 heteroatoms. The van der Waals surface area contributed by atoms with E-state index in [1.807, 2.05) is 38.1 Å². The fraction of sp³-hybridized carbons (Fsp3) is 0.273. The van der Waals surface area contributed by atoms with Crippen molar-refractivity contribution in [1.82, 2.24) is 0 Å². The molecule has 0 atom stereocenters. The SMILES string of the molecule is CCC(O)=Cc1ccc(C)cc1. The maximum Gasteiger partial charge on any atom is 0.0925 e. The van der Waals surface area contributed by atoms with Gasteiger partial charge in [0.05, 0.1) is 5.76 Å². The second-order valence-electron chi connectivity index (χ2n) is 2.90. The van der Waals surface area contributed by atoms with E-state index in [9.17, 15) is 5.11 Å². The van der Waals surface area contributed by atoms with Crippen molar-refractivity contribution in [3.8, 4) is 0 Å². The molecule has 64 valence electrons. The summed E-state index contributed by atoms with van der Waals surface area (Å²) in [4.78, 5) is 0. The summed E-state index contributed by atoms with van der Waals surface area (Å²) >= 11 is 0. The molecule has 1 aromatic carbocycles. The zero-order valence-electron chi connectivity index (χ0n) is 7.54. The number of aliphatic hydroxyl groups is 1. The van der Waals surface area contributed by atoms with E-state index in [4.69, 9.17) is 0 Å². The Kier molecular flexibility index (Phi) is 2.92. The van der Waals surface area contributed by atoms with E-state index in [1.54, 1.807) is 6.08 Å². The van der Waals surface area contributed by atoms with Crippen molar-refractivity contribution >= 4 is 6.08 Å². The first-order valence-electron chi connectivity index (χ1n) is 4.18. The molecule has 0 unspecified atom stereocenters. The maximum atomic E-state index is 9.24.